The van der Waals surface area contributed by atoms with E-state index in [1.807, 2.05) is 48.5 Å². The minimum absolute atomic E-state index is 0.0500. The Morgan fingerprint density at radius 1 is 0.556 bits per heavy atom. The molecular weight excluding hydrogens is 460 g/mol. The number of aliphatic imine (C=N–C) groups is 2. The third kappa shape index (κ3) is 4.05. The molecule has 0 bridgehead atoms. The minimum atomic E-state index is 0.0500. The Morgan fingerprint density at radius 2 is 0.944 bits per heavy atom. The van der Waals surface area contributed by atoms with Crippen molar-refractivity contribution < 1.29 is 29.2 Å². The van der Waals surface area contributed by atoms with E-state index in [2.05, 4.69) is 9.98 Å². The first-order chi connectivity index (χ1) is 17.7. The van der Waals surface area contributed by atoms with Gasteiger partial charge in [0.15, 0.2) is 23.0 Å². The zero-order valence-electron chi connectivity index (χ0n) is 18.9. The van der Waals surface area contributed by atoms with Crippen LogP contribution in [-0.2, 0) is 0 Å². The Kier molecular flexibility index (Phi) is 5.38. The van der Waals surface area contributed by atoms with Gasteiger partial charge in [0.25, 0.3) is 0 Å². The first-order valence-corrected chi connectivity index (χ1v) is 11.2. The van der Waals surface area contributed by atoms with Crippen LogP contribution in [0.25, 0.3) is 11.1 Å². The zero-order valence-corrected chi connectivity index (χ0v) is 18.9. The molecule has 6 rings (SSSR count). The smallest absolute Gasteiger partial charge is 0.231 e. The molecule has 0 spiro atoms. The van der Waals surface area contributed by atoms with Crippen molar-refractivity contribution >= 4 is 23.8 Å². The summed E-state index contributed by atoms with van der Waals surface area (Å²) in [6, 6.07) is 21.8. The molecule has 0 amide bonds. The average Bonchev–Trinajstić information content (AvgIpc) is 3.55. The minimum Gasteiger partial charge on any atom is -0.507 e. The van der Waals surface area contributed by atoms with Crippen molar-refractivity contribution in [2.24, 2.45) is 9.98 Å². The highest BCUT2D eigenvalue weighted by Crippen LogP contribution is 2.40. The number of phenols is 2. The molecule has 0 unspecified atom stereocenters. The van der Waals surface area contributed by atoms with Crippen molar-refractivity contribution in [2.45, 2.75) is 0 Å². The second-order valence-corrected chi connectivity index (χ2v) is 8.08. The number of aromatic hydroxyl groups is 2. The Labute approximate surface area is 206 Å². The first kappa shape index (κ1) is 21.5. The van der Waals surface area contributed by atoms with Crippen molar-refractivity contribution in [2.75, 3.05) is 13.6 Å². The predicted molar refractivity (Wildman–Crippen MR) is 135 cm³/mol. The molecule has 0 saturated carbocycles. The summed E-state index contributed by atoms with van der Waals surface area (Å²) in [4.78, 5) is 9.30. The van der Waals surface area contributed by atoms with E-state index in [0.717, 1.165) is 11.1 Å². The summed E-state index contributed by atoms with van der Waals surface area (Å²) in [6.07, 6.45) is 3.18. The highest BCUT2D eigenvalue weighted by Gasteiger charge is 2.18. The second-order valence-electron chi connectivity index (χ2n) is 8.08. The van der Waals surface area contributed by atoms with Crippen LogP contribution >= 0.6 is 0 Å². The number of rotatable bonds is 5. The Balaban J connectivity index is 1.34. The van der Waals surface area contributed by atoms with Crippen LogP contribution in [0.2, 0.25) is 0 Å². The summed E-state index contributed by atoms with van der Waals surface area (Å²) in [7, 11) is 0. The highest BCUT2D eigenvalue weighted by molar-refractivity contribution is 5.93. The number of ether oxygens (including phenoxy) is 4. The van der Waals surface area contributed by atoms with E-state index >= 15 is 0 Å². The molecule has 0 fully saturated rings. The van der Waals surface area contributed by atoms with Gasteiger partial charge in [-0.25, -0.2) is 0 Å². The summed E-state index contributed by atoms with van der Waals surface area (Å²) >= 11 is 0. The summed E-state index contributed by atoms with van der Waals surface area (Å²) in [6.45, 7) is 0.249. The maximum atomic E-state index is 10.4. The molecule has 0 aromatic heterocycles. The maximum absolute atomic E-state index is 10.4. The SMILES string of the molecule is Oc1cc2c(cc1C=Nc1ccccc1-c1ccccc1N=Cc1cc3c(cc1O)OCO3)OCO2. The van der Waals surface area contributed by atoms with Crippen LogP contribution < -0.4 is 18.9 Å². The van der Waals surface area contributed by atoms with Gasteiger partial charge in [0, 0.05) is 46.8 Å². The number of para-hydroxylation sites is 2. The summed E-state index contributed by atoms with van der Waals surface area (Å²) in [5.74, 6) is 2.24. The molecule has 0 aliphatic carbocycles. The fourth-order valence-corrected chi connectivity index (χ4v) is 4.01. The third-order valence-electron chi connectivity index (χ3n) is 5.83. The van der Waals surface area contributed by atoms with Gasteiger partial charge in [-0.15, -0.1) is 0 Å². The number of hydrogen-bond acceptors (Lipinski definition) is 8. The van der Waals surface area contributed by atoms with Crippen molar-refractivity contribution in [1.82, 2.24) is 0 Å². The molecule has 2 aliphatic rings. The molecule has 178 valence electrons. The number of nitrogens with zero attached hydrogens (tertiary/aromatic N) is 2. The molecule has 8 heteroatoms. The number of fused-ring (bicyclic) bond motifs is 2. The molecule has 0 radical (unpaired) electrons. The molecular formula is C28H20N2O6. The lowest BCUT2D eigenvalue weighted by Gasteiger charge is -2.09. The van der Waals surface area contributed by atoms with Gasteiger partial charge in [0.1, 0.15) is 11.5 Å². The quantitative estimate of drug-likeness (QED) is 0.354. The lowest BCUT2D eigenvalue weighted by Crippen LogP contribution is -1.92. The largest absolute Gasteiger partial charge is 0.507 e. The van der Waals surface area contributed by atoms with Crippen molar-refractivity contribution in [3.63, 3.8) is 0 Å². The van der Waals surface area contributed by atoms with E-state index in [1.165, 1.54) is 12.1 Å². The maximum Gasteiger partial charge on any atom is 0.231 e. The lowest BCUT2D eigenvalue weighted by molar-refractivity contribution is 0.173. The fraction of sp³-hybridized carbons (Fsp3) is 0.0714. The van der Waals surface area contributed by atoms with Crippen LogP contribution in [0.1, 0.15) is 11.1 Å². The van der Waals surface area contributed by atoms with Crippen molar-refractivity contribution in [3.05, 3.63) is 83.9 Å². The molecule has 2 aliphatic heterocycles. The number of benzene rings is 4. The zero-order chi connectivity index (χ0) is 24.5. The molecule has 4 aromatic rings. The molecule has 2 N–H and O–H groups in total. The summed E-state index contributed by atoms with van der Waals surface area (Å²) < 4.78 is 21.4. The van der Waals surface area contributed by atoms with Gasteiger partial charge in [-0.2, -0.15) is 0 Å². The third-order valence-corrected chi connectivity index (χ3v) is 5.83. The van der Waals surface area contributed by atoms with Crippen LogP contribution in [0.3, 0.4) is 0 Å². The monoisotopic (exact) mass is 480 g/mol. The Bertz CT molecular complexity index is 1410. The van der Waals surface area contributed by atoms with Crippen LogP contribution in [0.5, 0.6) is 34.5 Å². The van der Waals surface area contributed by atoms with Crippen molar-refractivity contribution in [1.29, 1.82) is 0 Å². The van der Waals surface area contributed by atoms with Gasteiger partial charge >= 0.3 is 0 Å². The predicted octanol–water partition coefficient (Wildman–Crippen LogP) is 5.72. The van der Waals surface area contributed by atoms with Gasteiger partial charge in [-0.3, -0.25) is 9.98 Å². The van der Waals surface area contributed by atoms with Gasteiger partial charge in [-0.1, -0.05) is 36.4 Å². The molecule has 4 aromatic carbocycles. The van der Waals surface area contributed by atoms with E-state index in [4.69, 9.17) is 18.9 Å². The standard InChI is InChI=1S/C28H20N2O6/c31-23-11-27-25(33-15-35-27)9-17(23)13-29-21-7-3-1-5-19(21)20-6-2-4-8-22(20)30-14-18-10-26-28(12-24(18)32)36-16-34-26/h1-14,31-32H,15-16H2. The summed E-state index contributed by atoms with van der Waals surface area (Å²) in [5.41, 5.74) is 4.14. The topological polar surface area (TPSA) is 102 Å². The van der Waals surface area contributed by atoms with E-state index in [9.17, 15) is 10.2 Å². The first-order valence-electron chi connectivity index (χ1n) is 11.2. The normalized spacial score (nSPS) is 13.7. The molecule has 0 atom stereocenters. The lowest BCUT2D eigenvalue weighted by atomic mass is 10.0. The van der Waals surface area contributed by atoms with Crippen molar-refractivity contribution in [3.8, 4) is 45.6 Å². The molecule has 2 heterocycles. The second kappa shape index (κ2) is 8.99. The molecule has 8 nitrogen and oxygen atoms in total. The molecule has 0 saturated heterocycles. The van der Waals surface area contributed by atoms with Gasteiger partial charge < -0.3 is 29.2 Å². The van der Waals surface area contributed by atoms with Crippen LogP contribution in [0.4, 0.5) is 11.4 Å². The Morgan fingerprint density at radius 3 is 1.39 bits per heavy atom. The number of hydrogen-bond donors (Lipinski definition) is 2. The van der Waals surface area contributed by atoms with Crippen LogP contribution in [0.15, 0.2) is 82.8 Å². The Hall–Kier alpha value is -4.98. The van der Waals surface area contributed by atoms with Gasteiger partial charge in [0.2, 0.25) is 13.6 Å². The van der Waals surface area contributed by atoms with E-state index in [1.54, 1.807) is 24.6 Å². The van der Waals surface area contributed by atoms with E-state index in [0.29, 0.717) is 45.5 Å². The fourth-order valence-electron chi connectivity index (χ4n) is 4.01. The summed E-state index contributed by atoms with van der Waals surface area (Å²) in [5, 5.41) is 20.7. The van der Waals surface area contributed by atoms with Gasteiger partial charge in [-0.05, 0) is 24.3 Å². The molecule has 36 heavy (non-hydrogen) atoms. The van der Waals surface area contributed by atoms with E-state index in [-0.39, 0.29) is 25.1 Å². The number of phenolic OH excluding ortho intramolecular Hbond substituents is 2. The average molecular weight is 480 g/mol. The van der Waals surface area contributed by atoms with Gasteiger partial charge in [0.05, 0.1) is 11.4 Å². The highest BCUT2D eigenvalue weighted by atomic mass is 16.7. The van der Waals surface area contributed by atoms with E-state index < -0.39 is 0 Å². The van der Waals surface area contributed by atoms with Crippen LogP contribution in [-0.4, -0.2) is 36.2 Å². The van der Waals surface area contributed by atoms with Crippen LogP contribution in [0, 0.1) is 0 Å².